The van der Waals surface area contributed by atoms with Gasteiger partial charge in [-0.15, -0.1) is 5.10 Å². The van der Waals surface area contributed by atoms with Crippen molar-refractivity contribution in [3.8, 4) is 5.69 Å². The molecule has 1 saturated heterocycles. The minimum Gasteiger partial charge on any atom is -0.384 e. The van der Waals surface area contributed by atoms with E-state index < -0.39 is 5.41 Å². The molecule has 7 heteroatoms. The number of amides is 1. The molecule has 7 nitrogen and oxygen atoms in total. The van der Waals surface area contributed by atoms with Crippen molar-refractivity contribution in [2.24, 2.45) is 5.41 Å². The third kappa shape index (κ3) is 3.88. The van der Waals surface area contributed by atoms with E-state index in [2.05, 4.69) is 20.9 Å². The summed E-state index contributed by atoms with van der Waals surface area (Å²) < 4.78 is 7.05. The van der Waals surface area contributed by atoms with E-state index >= 15 is 0 Å². The van der Waals surface area contributed by atoms with Crippen molar-refractivity contribution >= 4 is 5.91 Å². The number of piperidine rings is 1. The van der Waals surface area contributed by atoms with Crippen LogP contribution in [0, 0.1) is 5.41 Å². The van der Waals surface area contributed by atoms with E-state index in [-0.39, 0.29) is 11.9 Å². The number of rotatable bonds is 6. The molecule has 0 spiro atoms. The van der Waals surface area contributed by atoms with Crippen LogP contribution in [-0.2, 0) is 9.53 Å². The quantitative estimate of drug-likeness (QED) is 0.830. The molecule has 2 heterocycles. The molecule has 1 amide bonds. The number of para-hydroxylation sites is 1. The minimum atomic E-state index is -0.469. The van der Waals surface area contributed by atoms with Gasteiger partial charge in [-0.2, -0.15) is 0 Å². The predicted molar refractivity (Wildman–Crippen MR) is 94.3 cm³/mol. The third-order valence-corrected chi connectivity index (χ3v) is 4.79. The van der Waals surface area contributed by atoms with Gasteiger partial charge in [-0.25, -0.2) is 4.68 Å². The van der Waals surface area contributed by atoms with E-state index in [1.165, 1.54) is 0 Å². The molecule has 134 valence electrons. The van der Waals surface area contributed by atoms with Crippen LogP contribution in [0.5, 0.6) is 0 Å². The van der Waals surface area contributed by atoms with Gasteiger partial charge in [0.25, 0.3) is 0 Å². The molecule has 2 N–H and O–H groups in total. The van der Waals surface area contributed by atoms with Crippen LogP contribution < -0.4 is 10.6 Å². The number of nitrogens with one attached hydrogen (secondary N) is 2. The van der Waals surface area contributed by atoms with Crippen LogP contribution in [0.3, 0.4) is 0 Å². The van der Waals surface area contributed by atoms with E-state index in [0.29, 0.717) is 6.61 Å². The Labute approximate surface area is 147 Å². The first-order valence-corrected chi connectivity index (χ1v) is 8.63. The Morgan fingerprint density at radius 1 is 1.36 bits per heavy atom. The van der Waals surface area contributed by atoms with Crippen molar-refractivity contribution in [1.29, 1.82) is 0 Å². The lowest BCUT2D eigenvalue weighted by atomic mass is 9.78. The fourth-order valence-electron chi connectivity index (χ4n) is 3.22. The Bertz CT molecular complexity index is 689. The van der Waals surface area contributed by atoms with Gasteiger partial charge in [0.1, 0.15) is 5.69 Å². The molecule has 0 radical (unpaired) electrons. The van der Waals surface area contributed by atoms with Crippen LogP contribution in [-0.4, -0.2) is 47.7 Å². The largest absolute Gasteiger partial charge is 0.384 e. The summed E-state index contributed by atoms with van der Waals surface area (Å²) in [5.74, 6) is 0.0256. The molecular formula is C18H25N5O2. The maximum absolute atomic E-state index is 12.9. The first-order chi connectivity index (χ1) is 12.1. The average molecular weight is 343 g/mol. The Balaban J connectivity index is 1.70. The number of benzene rings is 1. The summed E-state index contributed by atoms with van der Waals surface area (Å²) in [4.78, 5) is 12.9. The van der Waals surface area contributed by atoms with E-state index in [1.54, 1.807) is 11.8 Å². The maximum Gasteiger partial charge on any atom is 0.229 e. The molecule has 1 unspecified atom stereocenters. The number of carbonyl (C=O) groups is 1. The second kappa shape index (κ2) is 7.76. The molecule has 3 rings (SSSR count). The van der Waals surface area contributed by atoms with Crippen LogP contribution in [0.25, 0.3) is 5.69 Å². The number of ether oxygens (including phenoxy) is 1. The van der Waals surface area contributed by atoms with Gasteiger partial charge in [0, 0.05) is 7.11 Å². The SMILES string of the molecule is COCC1(C(=O)NC(C)c2cn(-c3ccccc3)nn2)CCNCC1. The lowest BCUT2D eigenvalue weighted by Crippen LogP contribution is -2.50. The highest BCUT2D eigenvalue weighted by Gasteiger charge is 2.40. The molecule has 1 atom stereocenters. The Morgan fingerprint density at radius 2 is 2.08 bits per heavy atom. The van der Waals surface area contributed by atoms with E-state index in [1.807, 2.05) is 43.5 Å². The van der Waals surface area contributed by atoms with Crippen LogP contribution in [0.2, 0.25) is 0 Å². The van der Waals surface area contributed by atoms with Gasteiger partial charge < -0.3 is 15.4 Å². The standard InChI is InChI=1S/C18H25N5O2/c1-14(16-12-23(22-21-16)15-6-4-3-5-7-15)20-17(24)18(13-25-2)8-10-19-11-9-18/h3-7,12,14,19H,8-11,13H2,1-2H3,(H,20,24). The first-order valence-electron chi connectivity index (χ1n) is 8.63. The summed E-state index contributed by atoms with van der Waals surface area (Å²) in [6.45, 7) is 4.02. The zero-order valence-electron chi connectivity index (χ0n) is 14.7. The minimum absolute atomic E-state index is 0.0256. The molecular weight excluding hydrogens is 318 g/mol. The topological polar surface area (TPSA) is 81.1 Å². The van der Waals surface area contributed by atoms with Crippen molar-refractivity contribution in [2.75, 3.05) is 26.8 Å². The fraction of sp³-hybridized carbons (Fsp3) is 0.500. The number of hydrogen-bond donors (Lipinski definition) is 2. The van der Waals surface area contributed by atoms with Crippen molar-refractivity contribution in [3.05, 3.63) is 42.2 Å². The fourth-order valence-corrected chi connectivity index (χ4v) is 3.22. The smallest absolute Gasteiger partial charge is 0.229 e. The second-order valence-corrected chi connectivity index (χ2v) is 6.58. The van der Waals surface area contributed by atoms with Gasteiger partial charge in [0.05, 0.1) is 29.9 Å². The van der Waals surface area contributed by atoms with Crippen molar-refractivity contribution in [1.82, 2.24) is 25.6 Å². The molecule has 25 heavy (non-hydrogen) atoms. The van der Waals surface area contributed by atoms with Crippen molar-refractivity contribution in [3.63, 3.8) is 0 Å². The normalized spacial score (nSPS) is 17.8. The number of carbonyl (C=O) groups excluding carboxylic acids is 1. The highest BCUT2D eigenvalue weighted by atomic mass is 16.5. The summed E-state index contributed by atoms with van der Waals surface area (Å²) in [5.41, 5.74) is 1.21. The monoisotopic (exact) mass is 343 g/mol. The second-order valence-electron chi connectivity index (χ2n) is 6.58. The molecule has 0 aliphatic carbocycles. The summed E-state index contributed by atoms with van der Waals surface area (Å²) in [5, 5.41) is 14.8. The lowest BCUT2D eigenvalue weighted by Gasteiger charge is -2.36. The third-order valence-electron chi connectivity index (χ3n) is 4.79. The van der Waals surface area contributed by atoms with Gasteiger partial charge in [-0.1, -0.05) is 23.4 Å². The number of hydrogen-bond acceptors (Lipinski definition) is 5. The van der Waals surface area contributed by atoms with Crippen molar-refractivity contribution < 1.29 is 9.53 Å². The molecule has 1 aliphatic rings. The summed E-state index contributed by atoms with van der Waals surface area (Å²) in [6, 6.07) is 9.57. The van der Waals surface area contributed by atoms with Gasteiger partial charge in [-0.3, -0.25) is 4.79 Å². The summed E-state index contributed by atoms with van der Waals surface area (Å²) in [7, 11) is 1.64. The summed E-state index contributed by atoms with van der Waals surface area (Å²) in [6.07, 6.45) is 3.40. The molecule has 2 aromatic rings. The molecule has 0 saturated carbocycles. The van der Waals surface area contributed by atoms with Gasteiger partial charge >= 0.3 is 0 Å². The molecule has 1 aliphatic heterocycles. The summed E-state index contributed by atoms with van der Waals surface area (Å²) >= 11 is 0. The van der Waals surface area contributed by atoms with Crippen LogP contribution in [0.4, 0.5) is 0 Å². The lowest BCUT2D eigenvalue weighted by molar-refractivity contribution is -0.136. The molecule has 1 fully saturated rings. The first kappa shape index (κ1) is 17.6. The van der Waals surface area contributed by atoms with Crippen LogP contribution in [0.1, 0.15) is 31.5 Å². The van der Waals surface area contributed by atoms with Gasteiger partial charge in [-0.05, 0) is 45.0 Å². The zero-order chi connectivity index (χ0) is 17.7. The van der Waals surface area contributed by atoms with E-state index in [0.717, 1.165) is 37.3 Å². The van der Waals surface area contributed by atoms with Gasteiger partial charge in [0.15, 0.2) is 0 Å². The van der Waals surface area contributed by atoms with Crippen LogP contribution >= 0.6 is 0 Å². The Hall–Kier alpha value is -2.25. The van der Waals surface area contributed by atoms with Crippen molar-refractivity contribution in [2.45, 2.75) is 25.8 Å². The van der Waals surface area contributed by atoms with Crippen LogP contribution in [0.15, 0.2) is 36.5 Å². The molecule has 1 aromatic carbocycles. The number of nitrogens with zero attached hydrogens (tertiary/aromatic N) is 3. The Kier molecular flexibility index (Phi) is 5.45. The average Bonchev–Trinajstić information content (AvgIpc) is 3.14. The van der Waals surface area contributed by atoms with E-state index in [4.69, 9.17) is 4.74 Å². The molecule has 0 bridgehead atoms. The Morgan fingerprint density at radius 3 is 2.76 bits per heavy atom. The maximum atomic E-state index is 12.9. The number of aromatic nitrogens is 3. The predicted octanol–water partition coefficient (Wildman–Crippen LogP) is 1.46. The highest BCUT2D eigenvalue weighted by Crippen LogP contribution is 2.30. The highest BCUT2D eigenvalue weighted by molar-refractivity contribution is 5.83. The van der Waals surface area contributed by atoms with E-state index in [9.17, 15) is 4.79 Å². The van der Waals surface area contributed by atoms with Gasteiger partial charge in [0.2, 0.25) is 5.91 Å². The zero-order valence-corrected chi connectivity index (χ0v) is 14.7. The number of methoxy groups -OCH3 is 1. The molecule has 1 aromatic heterocycles.